The van der Waals surface area contributed by atoms with Crippen molar-refractivity contribution in [3.8, 4) is 0 Å². The SMILES string of the molecule is CCC.CCCC(CCC)N(C)c1ncccc1N(C=O)CC(=O)O. The van der Waals surface area contributed by atoms with E-state index in [1.54, 1.807) is 18.3 Å². The first kappa shape index (κ1) is 22.9. The smallest absolute Gasteiger partial charge is 0.323 e. The average Bonchev–Trinajstić information content (AvgIpc) is 2.59. The van der Waals surface area contributed by atoms with Gasteiger partial charge in [0, 0.05) is 19.3 Å². The van der Waals surface area contributed by atoms with Gasteiger partial charge in [-0.15, -0.1) is 0 Å². The largest absolute Gasteiger partial charge is 0.480 e. The molecule has 0 aliphatic heterocycles. The maximum Gasteiger partial charge on any atom is 0.323 e. The minimum absolute atomic E-state index is 0.321. The van der Waals surface area contributed by atoms with E-state index >= 15 is 0 Å². The van der Waals surface area contributed by atoms with E-state index in [0.29, 0.717) is 24.0 Å². The molecular formula is C19H33N3O3. The van der Waals surface area contributed by atoms with Crippen LogP contribution in [-0.2, 0) is 9.59 Å². The second-order valence-electron chi connectivity index (χ2n) is 6.02. The van der Waals surface area contributed by atoms with Crippen LogP contribution in [-0.4, -0.2) is 42.1 Å². The van der Waals surface area contributed by atoms with Crippen LogP contribution >= 0.6 is 0 Å². The molecule has 0 saturated heterocycles. The minimum atomic E-state index is -1.05. The highest BCUT2D eigenvalue weighted by Gasteiger charge is 2.21. The van der Waals surface area contributed by atoms with Crippen LogP contribution in [0.5, 0.6) is 0 Å². The lowest BCUT2D eigenvalue weighted by molar-refractivity contribution is -0.136. The van der Waals surface area contributed by atoms with Gasteiger partial charge in [-0.05, 0) is 25.0 Å². The Morgan fingerprint density at radius 1 is 1.24 bits per heavy atom. The summed E-state index contributed by atoms with van der Waals surface area (Å²) >= 11 is 0. The molecule has 0 spiro atoms. The Balaban J connectivity index is 0.00000178. The third-order valence-electron chi connectivity index (χ3n) is 3.63. The molecule has 0 bridgehead atoms. The number of hydrogen-bond acceptors (Lipinski definition) is 4. The fraction of sp³-hybridized carbons (Fsp3) is 0.632. The number of rotatable bonds is 10. The average molecular weight is 351 g/mol. The Kier molecular flexibility index (Phi) is 12.1. The first-order chi connectivity index (χ1) is 12.0. The van der Waals surface area contributed by atoms with E-state index in [1.165, 1.54) is 11.3 Å². The molecule has 142 valence electrons. The van der Waals surface area contributed by atoms with Crippen LogP contribution in [0, 0.1) is 0 Å². The number of carboxylic acid groups (broad SMARTS) is 1. The molecule has 0 fully saturated rings. The second-order valence-corrected chi connectivity index (χ2v) is 6.02. The Morgan fingerprint density at radius 3 is 2.24 bits per heavy atom. The fourth-order valence-corrected chi connectivity index (χ4v) is 2.58. The topological polar surface area (TPSA) is 73.7 Å². The zero-order valence-corrected chi connectivity index (χ0v) is 16.2. The van der Waals surface area contributed by atoms with Gasteiger partial charge in [-0.1, -0.05) is 47.0 Å². The van der Waals surface area contributed by atoms with E-state index in [-0.39, 0.29) is 6.54 Å². The number of pyridine rings is 1. The van der Waals surface area contributed by atoms with E-state index in [0.717, 1.165) is 25.7 Å². The van der Waals surface area contributed by atoms with Gasteiger partial charge in [-0.3, -0.25) is 9.59 Å². The predicted molar refractivity (Wildman–Crippen MR) is 103 cm³/mol. The van der Waals surface area contributed by atoms with Crippen molar-refractivity contribution < 1.29 is 14.7 Å². The maximum absolute atomic E-state index is 11.3. The van der Waals surface area contributed by atoms with Crippen molar-refractivity contribution in [1.29, 1.82) is 0 Å². The highest BCUT2D eigenvalue weighted by Crippen LogP contribution is 2.28. The maximum atomic E-state index is 11.3. The number of aromatic nitrogens is 1. The Morgan fingerprint density at radius 2 is 1.80 bits per heavy atom. The molecule has 1 heterocycles. The van der Waals surface area contributed by atoms with Crippen molar-refractivity contribution >= 4 is 23.9 Å². The van der Waals surface area contributed by atoms with Gasteiger partial charge in [0.1, 0.15) is 6.54 Å². The van der Waals surface area contributed by atoms with Crippen LogP contribution in [0.4, 0.5) is 11.5 Å². The first-order valence-electron chi connectivity index (χ1n) is 9.08. The van der Waals surface area contributed by atoms with Gasteiger partial charge in [0.15, 0.2) is 5.82 Å². The van der Waals surface area contributed by atoms with Gasteiger partial charge in [0.05, 0.1) is 5.69 Å². The van der Waals surface area contributed by atoms with Crippen molar-refractivity contribution in [2.24, 2.45) is 0 Å². The van der Waals surface area contributed by atoms with Crippen molar-refractivity contribution in [2.75, 3.05) is 23.4 Å². The molecule has 1 amide bonds. The molecular weight excluding hydrogens is 318 g/mol. The molecule has 1 aromatic heterocycles. The van der Waals surface area contributed by atoms with E-state index in [1.807, 2.05) is 7.05 Å². The Bertz CT molecular complexity index is 502. The number of amides is 1. The van der Waals surface area contributed by atoms with E-state index in [2.05, 4.69) is 37.6 Å². The van der Waals surface area contributed by atoms with Crippen LogP contribution in [0.25, 0.3) is 0 Å². The molecule has 0 radical (unpaired) electrons. The van der Waals surface area contributed by atoms with E-state index in [4.69, 9.17) is 5.11 Å². The fourth-order valence-electron chi connectivity index (χ4n) is 2.58. The van der Waals surface area contributed by atoms with E-state index in [9.17, 15) is 9.59 Å². The molecule has 1 aromatic rings. The van der Waals surface area contributed by atoms with Gasteiger partial charge in [0.25, 0.3) is 0 Å². The van der Waals surface area contributed by atoms with Crippen molar-refractivity contribution in [3.63, 3.8) is 0 Å². The van der Waals surface area contributed by atoms with Crippen LogP contribution < -0.4 is 9.80 Å². The molecule has 6 heteroatoms. The second kappa shape index (κ2) is 13.2. The molecule has 0 aliphatic rings. The minimum Gasteiger partial charge on any atom is -0.480 e. The summed E-state index contributed by atoms with van der Waals surface area (Å²) in [7, 11) is 1.95. The van der Waals surface area contributed by atoms with Gasteiger partial charge >= 0.3 is 5.97 Å². The lowest BCUT2D eigenvalue weighted by atomic mass is 10.1. The van der Waals surface area contributed by atoms with Gasteiger partial charge in [-0.2, -0.15) is 0 Å². The summed E-state index contributed by atoms with van der Waals surface area (Å²) in [4.78, 5) is 29.8. The zero-order valence-electron chi connectivity index (χ0n) is 16.2. The first-order valence-corrected chi connectivity index (χ1v) is 9.08. The Labute approximate surface area is 151 Å². The number of nitrogens with zero attached hydrogens (tertiary/aromatic N) is 3. The lowest BCUT2D eigenvalue weighted by Crippen LogP contribution is -2.35. The van der Waals surface area contributed by atoms with E-state index < -0.39 is 5.97 Å². The van der Waals surface area contributed by atoms with Crippen LogP contribution in [0.1, 0.15) is 59.8 Å². The van der Waals surface area contributed by atoms with Gasteiger partial charge in [0.2, 0.25) is 6.41 Å². The quantitative estimate of drug-likeness (QED) is 0.646. The van der Waals surface area contributed by atoms with Gasteiger partial charge in [-0.25, -0.2) is 4.98 Å². The zero-order chi connectivity index (χ0) is 19.2. The number of anilines is 2. The predicted octanol–water partition coefficient (Wildman–Crippen LogP) is 3.95. The summed E-state index contributed by atoms with van der Waals surface area (Å²) in [5.74, 6) is -0.411. The molecule has 0 atom stereocenters. The number of carbonyl (C=O) groups is 2. The van der Waals surface area contributed by atoms with Crippen molar-refractivity contribution in [3.05, 3.63) is 18.3 Å². The monoisotopic (exact) mass is 351 g/mol. The standard InChI is InChI=1S/C16H25N3O3.C3H8/c1-4-7-13(8-5-2)18(3)16-14(9-6-10-17-16)19(12-20)11-15(21)22;1-3-2/h6,9-10,12-13H,4-5,7-8,11H2,1-3H3,(H,21,22);3H2,1-2H3. The number of aliphatic carboxylic acids is 1. The number of carbonyl (C=O) groups excluding carboxylic acids is 1. The molecule has 1 N–H and O–H groups in total. The summed E-state index contributed by atoms with van der Waals surface area (Å²) in [5.41, 5.74) is 0.527. The van der Waals surface area contributed by atoms with Crippen molar-refractivity contribution in [2.45, 2.75) is 65.8 Å². The number of hydrogen-bond donors (Lipinski definition) is 1. The molecule has 25 heavy (non-hydrogen) atoms. The normalized spacial score (nSPS) is 10.0. The highest BCUT2D eigenvalue weighted by atomic mass is 16.4. The third kappa shape index (κ3) is 8.01. The Hall–Kier alpha value is -2.11. The summed E-state index contributed by atoms with van der Waals surface area (Å²) < 4.78 is 0. The lowest BCUT2D eigenvalue weighted by Gasteiger charge is -2.31. The number of carboxylic acids is 1. The van der Waals surface area contributed by atoms with Gasteiger partial charge < -0.3 is 14.9 Å². The highest BCUT2D eigenvalue weighted by molar-refractivity contribution is 5.88. The summed E-state index contributed by atoms with van der Waals surface area (Å²) in [6.45, 7) is 8.15. The summed E-state index contributed by atoms with van der Waals surface area (Å²) in [5, 5.41) is 8.95. The van der Waals surface area contributed by atoms with Crippen LogP contribution in [0.15, 0.2) is 18.3 Å². The molecule has 0 aromatic carbocycles. The van der Waals surface area contributed by atoms with Crippen LogP contribution in [0.2, 0.25) is 0 Å². The molecule has 0 aliphatic carbocycles. The third-order valence-corrected chi connectivity index (χ3v) is 3.63. The summed E-state index contributed by atoms with van der Waals surface area (Å²) in [6, 6.07) is 3.76. The van der Waals surface area contributed by atoms with Crippen LogP contribution in [0.3, 0.4) is 0 Å². The van der Waals surface area contributed by atoms with Crippen molar-refractivity contribution in [1.82, 2.24) is 4.98 Å². The molecule has 6 nitrogen and oxygen atoms in total. The molecule has 1 rings (SSSR count). The summed E-state index contributed by atoms with van der Waals surface area (Å²) in [6.07, 6.45) is 7.62. The molecule has 0 saturated carbocycles. The molecule has 0 unspecified atom stereocenters.